The van der Waals surface area contributed by atoms with E-state index >= 15 is 0 Å². The lowest BCUT2D eigenvalue weighted by Gasteiger charge is -2.36. The van der Waals surface area contributed by atoms with E-state index in [4.69, 9.17) is 0 Å². The number of fused-ring (bicyclic) bond motifs is 2. The van der Waals surface area contributed by atoms with E-state index < -0.39 is 11.8 Å². The molecule has 118 valence electrons. The SMILES string of the molecule is Cc1cccc(NC(=O)C(=O)N2[C@H]3CC[C@H]2CC(O)C3)c1C. The summed E-state index contributed by atoms with van der Waals surface area (Å²) in [5, 5.41) is 12.5. The number of nitrogens with one attached hydrogen (secondary N) is 1. The van der Waals surface area contributed by atoms with Gasteiger partial charge in [0.1, 0.15) is 0 Å². The van der Waals surface area contributed by atoms with Crippen LogP contribution < -0.4 is 5.32 Å². The molecule has 22 heavy (non-hydrogen) atoms. The van der Waals surface area contributed by atoms with Crippen molar-refractivity contribution in [2.45, 2.75) is 57.7 Å². The van der Waals surface area contributed by atoms with Gasteiger partial charge in [0.05, 0.1) is 6.10 Å². The first-order valence-electron chi connectivity index (χ1n) is 7.85. The third-order valence-corrected chi connectivity index (χ3v) is 4.99. The molecule has 2 aliphatic rings. The van der Waals surface area contributed by atoms with Crippen LogP contribution in [0.5, 0.6) is 0 Å². The number of anilines is 1. The Morgan fingerprint density at radius 1 is 1.18 bits per heavy atom. The number of nitrogens with zero attached hydrogens (tertiary/aromatic N) is 1. The minimum absolute atomic E-state index is 0.00519. The van der Waals surface area contributed by atoms with Crippen molar-refractivity contribution in [1.29, 1.82) is 0 Å². The fraction of sp³-hybridized carbons (Fsp3) is 0.529. The number of piperidine rings is 1. The first-order valence-corrected chi connectivity index (χ1v) is 7.85. The highest BCUT2D eigenvalue weighted by molar-refractivity contribution is 6.39. The number of carbonyl (C=O) groups is 2. The van der Waals surface area contributed by atoms with Crippen molar-refractivity contribution >= 4 is 17.5 Å². The van der Waals surface area contributed by atoms with Crippen molar-refractivity contribution in [3.63, 3.8) is 0 Å². The predicted octanol–water partition coefficient (Wildman–Crippen LogP) is 1.76. The summed E-state index contributed by atoms with van der Waals surface area (Å²) in [6.45, 7) is 3.90. The van der Waals surface area contributed by atoms with Gasteiger partial charge in [-0.05, 0) is 56.7 Å². The maximum absolute atomic E-state index is 12.5. The lowest BCUT2D eigenvalue weighted by atomic mass is 10.00. The Bertz CT molecular complexity index is 600. The van der Waals surface area contributed by atoms with Gasteiger partial charge in [0.25, 0.3) is 0 Å². The normalized spacial score (nSPS) is 26.9. The molecule has 0 spiro atoms. The number of aliphatic hydroxyl groups is 1. The molecule has 2 aliphatic heterocycles. The second-order valence-electron chi connectivity index (χ2n) is 6.42. The molecule has 2 fully saturated rings. The van der Waals surface area contributed by atoms with Crippen LogP contribution in [0.1, 0.15) is 36.8 Å². The molecule has 0 aliphatic carbocycles. The number of hydrogen-bond donors (Lipinski definition) is 2. The summed E-state index contributed by atoms with van der Waals surface area (Å²) >= 11 is 0. The number of benzene rings is 1. The molecule has 5 heteroatoms. The molecule has 5 nitrogen and oxygen atoms in total. The van der Waals surface area contributed by atoms with Gasteiger partial charge < -0.3 is 15.3 Å². The number of aryl methyl sites for hydroxylation is 1. The van der Waals surface area contributed by atoms with Crippen molar-refractivity contribution in [1.82, 2.24) is 4.90 Å². The smallest absolute Gasteiger partial charge is 0.313 e. The fourth-order valence-corrected chi connectivity index (χ4v) is 3.66. The van der Waals surface area contributed by atoms with Crippen LogP contribution in [-0.2, 0) is 9.59 Å². The first-order chi connectivity index (χ1) is 10.5. The summed E-state index contributed by atoms with van der Waals surface area (Å²) in [7, 11) is 0. The van der Waals surface area contributed by atoms with Crippen LogP contribution in [0.25, 0.3) is 0 Å². The van der Waals surface area contributed by atoms with E-state index in [-0.39, 0.29) is 18.2 Å². The van der Waals surface area contributed by atoms with Gasteiger partial charge in [-0.1, -0.05) is 12.1 Å². The van der Waals surface area contributed by atoms with Crippen LogP contribution >= 0.6 is 0 Å². The minimum atomic E-state index is -0.581. The largest absolute Gasteiger partial charge is 0.393 e. The Kier molecular flexibility index (Phi) is 3.91. The summed E-state index contributed by atoms with van der Waals surface area (Å²) in [5.41, 5.74) is 2.73. The van der Waals surface area contributed by atoms with E-state index in [1.54, 1.807) is 4.90 Å². The van der Waals surface area contributed by atoms with Crippen molar-refractivity contribution in [3.05, 3.63) is 29.3 Å². The van der Waals surface area contributed by atoms with Crippen LogP contribution in [0.2, 0.25) is 0 Å². The highest BCUT2D eigenvalue weighted by Gasteiger charge is 2.44. The van der Waals surface area contributed by atoms with Crippen LogP contribution in [-0.4, -0.2) is 40.0 Å². The van der Waals surface area contributed by atoms with Crippen LogP contribution in [0.3, 0.4) is 0 Å². The van der Waals surface area contributed by atoms with Crippen molar-refractivity contribution in [3.8, 4) is 0 Å². The van der Waals surface area contributed by atoms with Gasteiger partial charge in [0, 0.05) is 17.8 Å². The second-order valence-corrected chi connectivity index (χ2v) is 6.42. The molecule has 2 atom stereocenters. The van der Waals surface area contributed by atoms with Gasteiger partial charge in [-0.25, -0.2) is 0 Å². The number of aliphatic hydroxyl groups excluding tert-OH is 1. The number of amides is 2. The molecular formula is C17H22N2O3. The van der Waals surface area contributed by atoms with E-state index in [2.05, 4.69) is 5.32 Å². The highest BCUT2D eigenvalue weighted by Crippen LogP contribution is 2.35. The third-order valence-electron chi connectivity index (χ3n) is 4.99. The second kappa shape index (κ2) is 5.72. The summed E-state index contributed by atoms with van der Waals surface area (Å²) < 4.78 is 0. The van der Waals surface area contributed by atoms with E-state index in [0.717, 1.165) is 24.0 Å². The van der Waals surface area contributed by atoms with Gasteiger partial charge >= 0.3 is 11.8 Å². The Balaban J connectivity index is 1.73. The van der Waals surface area contributed by atoms with Gasteiger partial charge in [-0.3, -0.25) is 9.59 Å². The van der Waals surface area contributed by atoms with Crippen LogP contribution in [0.15, 0.2) is 18.2 Å². The average molecular weight is 302 g/mol. The Morgan fingerprint density at radius 2 is 1.82 bits per heavy atom. The molecule has 2 bridgehead atoms. The van der Waals surface area contributed by atoms with Gasteiger partial charge in [-0.2, -0.15) is 0 Å². The lowest BCUT2D eigenvalue weighted by molar-refractivity contribution is -0.147. The molecule has 2 amide bonds. The molecule has 1 aromatic carbocycles. The predicted molar refractivity (Wildman–Crippen MR) is 83.4 cm³/mol. The maximum atomic E-state index is 12.5. The van der Waals surface area contributed by atoms with Gasteiger partial charge in [-0.15, -0.1) is 0 Å². The van der Waals surface area contributed by atoms with Gasteiger partial charge in [0.15, 0.2) is 0 Å². The average Bonchev–Trinajstić information content (AvgIpc) is 2.75. The number of hydrogen-bond acceptors (Lipinski definition) is 3. The highest BCUT2D eigenvalue weighted by atomic mass is 16.3. The Hall–Kier alpha value is -1.88. The van der Waals surface area contributed by atoms with Crippen LogP contribution in [0, 0.1) is 13.8 Å². The summed E-state index contributed by atoms with van der Waals surface area (Å²) in [4.78, 5) is 26.5. The number of rotatable bonds is 1. The Morgan fingerprint density at radius 3 is 2.45 bits per heavy atom. The maximum Gasteiger partial charge on any atom is 0.313 e. The monoisotopic (exact) mass is 302 g/mol. The summed E-state index contributed by atoms with van der Waals surface area (Å²) in [5.74, 6) is -1.05. The molecular weight excluding hydrogens is 280 g/mol. The minimum Gasteiger partial charge on any atom is -0.393 e. The molecule has 3 rings (SSSR count). The lowest BCUT2D eigenvalue weighted by Crippen LogP contribution is -2.51. The molecule has 0 aromatic heterocycles. The van der Waals surface area contributed by atoms with Crippen molar-refractivity contribution in [2.24, 2.45) is 0 Å². The zero-order valence-corrected chi connectivity index (χ0v) is 13.0. The summed E-state index contributed by atoms with van der Waals surface area (Å²) in [6, 6.07) is 5.65. The van der Waals surface area contributed by atoms with Crippen molar-refractivity contribution < 1.29 is 14.7 Å². The molecule has 0 unspecified atom stereocenters. The zero-order valence-electron chi connectivity index (χ0n) is 13.0. The first kappa shape index (κ1) is 15.0. The molecule has 0 saturated carbocycles. The third kappa shape index (κ3) is 2.61. The van der Waals surface area contributed by atoms with Crippen molar-refractivity contribution in [2.75, 3.05) is 5.32 Å². The molecule has 1 aromatic rings. The molecule has 2 heterocycles. The van der Waals surface area contributed by atoms with Gasteiger partial charge in [0.2, 0.25) is 0 Å². The zero-order chi connectivity index (χ0) is 15.9. The van der Waals surface area contributed by atoms with E-state index in [1.165, 1.54) is 0 Å². The van der Waals surface area contributed by atoms with E-state index in [1.807, 2.05) is 32.0 Å². The standard InChI is InChI=1S/C17H22N2O3/c1-10-4-3-5-15(11(10)2)18-16(21)17(22)19-12-6-7-13(19)9-14(20)8-12/h3-5,12-14,20H,6-9H2,1-2H3,(H,18,21)/t12-,13-/m0/s1. The topological polar surface area (TPSA) is 69.6 Å². The summed E-state index contributed by atoms with van der Waals surface area (Å²) in [6.07, 6.45) is 2.58. The molecule has 0 radical (unpaired) electrons. The van der Waals surface area contributed by atoms with E-state index in [9.17, 15) is 14.7 Å². The Labute approximate surface area is 130 Å². The molecule has 2 saturated heterocycles. The van der Waals surface area contributed by atoms with Crippen LogP contribution in [0.4, 0.5) is 5.69 Å². The fourth-order valence-electron chi connectivity index (χ4n) is 3.66. The quantitative estimate of drug-likeness (QED) is 0.777. The van der Waals surface area contributed by atoms with E-state index in [0.29, 0.717) is 18.5 Å². The molecule has 2 N–H and O–H groups in total. The number of carbonyl (C=O) groups excluding carboxylic acids is 2.